The van der Waals surface area contributed by atoms with E-state index in [1.54, 1.807) is 6.07 Å². The topological polar surface area (TPSA) is 17.1 Å². The minimum atomic E-state index is 0.632. The lowest BCUT2D eigenvalue weighted by atomic mass is 10.1. The first-order chi connectivity index (χ1) is 8.29. The first kappa shape index (κ1) is 11.2. The van der Waals surface area contributed by atoms with Gasteiger partial charge in [0.25, 0.3) is 0 Å². The van der Waals surface area contributed by atoms with Gasteiger partial charge in [0, 0.05) is 16.7 Å². The summed E-state index contributed by atoms with van der Waals surface area (Å²) in [5.41, 5.74) is 3.57. The third kappa shape index (κ3) is 2.83. The molecule has 0 saturated heterocycles. The van der Waals surface area contributed by atoms with E-state index in [1.807, 2.05) is 49.4 Å². The van der Waals surface area contributed by atoms with Gasteiger partial charge in [0.15, 0.2) is 6.29 Å². The minimum Gasteiger partial charge on any atom is -0.298 e. The van der Waals surface area contributed by atoms with Gasteiger partial charge >= 0.3 is 0 Å². The molecule has 17 heavy (non-hydrogen) atoms. The van der Waals surface area contributed by atoms with E-state index >= 15 is 0 Å². The Balaban J connectivity index is 2.32. The van der Waals surface area contributed by atoms with Crippen molar-refractivity contribution in [3.63, 3.8) is 0 Å². The Morgan fingerprint density at radius 3 is 2.35 bits per heavy atom. The maximum atomic E-state index is 10.8. The molecular formula is C16H12O. The van der Waals surface area contributed by atoms with Gasteiger partial charge in [-0.15, -0.1) is 0 Å². The minimum absolute atomic E-state index is 0.632. The molecule has 0 aliphatic rings. The standard InChI is InChI=1S/C16H12O/c1-13-6-8-14(9-7-13)10-11-15-4-2-3-5-16(15)12-17/h2-9,12H,1H3. The van der Waals surface area contributed by atoms with Crippen molar-refractivity contribution in [2.75, 3.05) is 0 Å². The second-order valence-electron chi connectivity index (χ2n) is 3.82. The molecule has 0 spiro atoms. The Morgan fingerprint density at radius 1 is 0.941 bits per heavy atom. The molecule has 0 amide bonds. The van der Waals surface area contributed by atoms with Gasteiger partial charge in [-0.1, -0.05) is 47.7 Å². The lowest BCUT2D eigenvalue weighted by Crippen LogP contribution is -1.85. The van der Waals surface area contributed by atoms with E-state index in [0.717, 1.165) is 17.4 Å². The van der Waals surface area contributed by atoms with Crippen LogP contribution >= 0.6 is 0 Å². The summed E-state index contributed by atoms with van der Waals surface area (Å²) in [5, 5.41) is 0. The van der Waals surface area contributed by atoms with Crippen LogP contribution in [0.3, 0.4) is 0 Å². The second-order valence-corrected chi connectivity index (χ2v) is 3.82. The molecule has 0 N–H and O–H groups in total. The Bertz CT molecular complexity index is 583. The molecule has 0 atom stereocenters. The molecular weight excluding hydrogens is 208 g/mol. The van der Waals surface area contributed by atoms with Gasteiger partial charge in [-0.3, -0.25) is 4.79 Å². The molecule has 0 bridgehead atoms. The molecule has 0 aliphatic heterocycles. The van der Waals surface area contributed by atoms with Crippen molar-refractivity contribution in [1.82, 2.24) is 0 Å². The summed E-state index contributed by atoms with van der Waals surface area (Å²) in [4.78, 5) is 10.8. The largest absolute Gasteiger partial charge is 0.298 e. The van der Waals surface area contributed by atoms with Crippen molar-refractivity contribution in [2.24, 2.45) is 0 Å². The Labute approximate surface area is 101 Å². The van der Waals surface area contributed by atoms with Gasteiger partial charge in [0.1, 0.15) is 0 Å². The number of rotatable bonds is 1. The highest BCUT2D eigenvalue weighted by molar-refractivity contribution is 5.79. The van der Waals surface area contributed by atoms with Gasteiger partial charge in [0.2, 0.25) is 0 Å². The summed E-state index contributed by atoms with van der Waals surface area (Å²) in [5.74, 6) is 6.07. The third-order valence-corrected chi connectivity index (χ3v) is 2.48. The van der Waals surface area contributed by atoms with Crippen molar-refractivity contribution >= 4 is 6.29 Å². The molecule has 0 heterocycles. The van der Waals surface area contributed by atoms with E-state index in [4.69, 9.17) is 0 Å². The lowest BCUT2D eigenvalue weighted by molar-refractivity contribution is 0.112. The molecule has 0 aromatic heterocycles. The van der Waals surface area contributed by atoms with Crippen molar-refractivity contribution < 1.29 is 4.79 Å². The van der Waals surface area contributed by atoms with Gasteiger partial charge in [-0.05, 0) is 25.1 Å². The van der Waals surface area contributed by atoms with Crippen LogP contribution in [0.4, 0.5) is 0 Å². The smallest absolute Gasteiger partial charge is 0.151 e. The zero-order valence-corrected chi connectivity index (χ0v) is 9.60. The summed E-state index contributed by atoms with van der Waals surface area (Å²) < 4.78 is 0. The molecule has 1 nitrogen and oxygen atoms in total. The van der Waals surface area contributed by atoms with Crippen LogP contribution in [0.25, 0.3) is 0 Å². The second kappa shape index (κ2) is 5.14. The highest BCUT2D eigenvalue weighted by atomic mass is 16.1. The fourth-order valence-electron chi connectivity index (χ4n) is 1.49. The van der Waals surface area contributed by atoms with Crippen LogP contribution in [0, 0.1) is 18.8 Å². The molecule has 0 aliphatic carbocycles. The third-order valence-electron chi connectivity index (χ3n) is 2.48. The number of hydrogen-bond donors (Lipinski definition) is 0. The van der Waals surface area contributed by atoms with E-state index in [1.165, 1.54) is 5.56 Å². The monoisotopic (exact) mass is 220 g/mol. The maximum Gasteiger partial charge on any atom is 0.151 e. The normalized spacial score (nSPS) is 9.24. The molecule has 0 unspecified atom stereocenters. The van der Waals surface area contributed by atoms with Crippen LogP contribution in [-0.2, 0) is 0 Å². The zero-order chi connectivity index (χ0) is 12.1. The molecule has 2 rings (SSSR count). The number of hydrogen-bond acceptors (Lipinski definition) is 1. The van der Waals surface area contributed by atoms with E-state index in [-0.39, 0.29) is 0 Å². The SMILES string of the molecule is Cc1ccc(C#Cc2ccccc2C=O)cc1. The summed E-state index contributed by atoms with van der Waals surface area (Å²) in [7, 11) is 0. The Morgan fingerprint density at radius 2 is 1.65 bits per heavy atom. The van der Waals surface area contributed by atoms with E-state index in [0.29, 0.717) is 5.56 Å². The van der Waals surface area contributed by atoms with Crippen molar-refractivity contribution in [3.05, 3.63) is 70.8 Å². The average molecular weight is 220 g/mol. The summed E-state index contributed by atoms with van der Waals surface area (Å²) in [6.07, 6.45) is 0.832. The molecule has 0 fully saturated rings. The van der Waals surface area contributed by atoms with Crippen LogP contribution < -0.4 is 0 Å². The molecule has 2 aromatic carbocycles. The number of carbonyl (C=O) groups excluding carboxylic acids is 1. The predicted molar refractivity (Wildman–Crippen MR) is 69.0 cm³/mol. The first-order valence-electron chi connectivity index (χ1n) is 5.42. The van der Waals surface area contributed by atoms with E-state index < -0.39 is 0 Å². The fraction of sp³-hybridized carbons (Fsp3) is 0.0625. The zero-order valence-electron chi connectivity index (χ0n) is 9.60. The van der Waals surface area contributed by atoms with Crippen LogP contribution in [0.2, 0.25) is 0 Å². The number of benzene rings is 2. The molecule has 2 aromatic rings. The first-order valence-corrected chi connectivity index (χ1v) is 5.42. The molecule has 1 heteroatoms. The van der Waals surface area contributed by atoms with Gasteiger partial charge < -0.3 is 0 Å². The lowest BCUT2D eigenvalue weighted by Gasteiger charge is -1.95. The van der Waals surface area contributed by atoms with Crippen LogP contribution in [-0.4, -0.2) is 6.29 Å². The van der Waals surface area contributed by atoms with Gasteiger partial charge in [0.05, 0.1) is 0 Å². The Hall–Kier alpha value is -2.33. The maximum absolute atomic E-state index is 10.8. The van der Waals surface area contributed by atoms with Gasteiger partial charge in [-0.25, -0.2) is 0 Å². The quantitative estimate of drug-likeness (QED) is 0.532. The van der Waals surface area contributed by atoms with Crippen molar-refractivity contribution in [1.29, 1.82) is 0 Å². The van der Waals surface area contributed by atoms with Crippen LogP contribution in [0.15, 0.2) is 48.5 Å². The van der Waals surface area contributed by atoms with E-state index in [9.17, 15) is 4.79 Å². The summed E-state index contributed by atoms with van der Waals surface area (Å²) in [6.45, 7) is 2.04. The highest BCUT2D eigenvalue weighted by Gasteiger charge is 1.95. The van der Waals surface area contributed by atoms with Crippen molar-refractivity contribution in [2.45, 2.75) is 6.92 Å². The predicted octanol–water partition coefficient (Wildman–Crippen LogP) is 3.21. The van der Waals surface area contributed by atoms with Crippen LogP contribution in [0.5, 0.6) is 0 Å². The number of aryl methyl sites for hydroxylation is 1. The summed E-state index contributed by atoms with van der Waals surface area (Å²) >= 11 is 0. The molecule has 0 saturated carbocycles. The average Bonchev–Trinajstić information content (AvgIpc) is 2.38. The van der Waals surface area contributed by atoms with Crippen LogP contribution in [0.1, 0.15) is 27.0 Å². The molecule has 0 radical (unpaired) electrons. The summed E-state index contributed by atoms with van der Waals surface area (Å²) in [6, 6.07) is 15.3. The van der Waals surface area contributed by atoms with Gasteiger partial charge in [-0.2, -0.15) is 0 Å². The van der Waals surface area contributed by atoms with Crippen molar-refractivity contribution in [3.8, 4) is 11.8 Å². The number of carbonyl (C=O) groups is 1. The highest BCUT2D eigenvalue weighted by Crippen LogP contribution is 2.05. The van der Waals surface area contributed by atoms with E-state index in [2.05, 4.69) is 11.8 Å². The Kier molecular flexibility index (Phi) is 3.37. The fourth-order valence-corrected chi connectivity index (χ4v) is 1.49. The molecule has 82 valence electrons. The number of aldehydes is 1.